The van der Waals surface area contributed by atoms with Crippen LogP contribution in [-0.2, 0) is 29.3 Å². The minimum atomic E-state index is -4.56. The van der Waals surface area contributed by atoms with E-state index in [1.54, 1.807) is 0 Å². The molecule has 2 amide bonds. The molecule has 1 aliphatic rings. The molecule has 5 nitrogen and oxygen atoms in total. The molecule has 0 saturated carbocycles. The van der Waals surface area contributed by atoms with Gasteiger partial charge in [-0.15, -0.1) is 0 Å². The van der Waals surface area contributed by atoms with E-state index in [4.69, 9.17) is 0 Å². The van der Waals surface area contributed by atoms with E-state index in [1.165, 1.54) is 48.5 Å². The van der Waals surface area contributed by atoms with Gasteiger partial charge in [0.2, 0.25) is 0 Å². The minimum absolute atomic E-state index is 0.0743. The maximum Gasteiger partial charge on any atom is 0.416 e. The van der Waals surface area contributed by atoms with Gasteiger partial charge in [0.1, 0.15) is 10.7 Å². The molecule has 0 spiro atoms. The number of carbonyl (C=O) groups excluding carboxylic acids is 1. The maximum atomic E-state index is 13.2. The Hall–Kier alpha value is -3.40. The largest absolute Gasteiger partial charge is 0.416 e. The molecule has 1 heterocycles. The standard InChI is InChI=1S/C22H16F4N2O3S/c23-18-10-8-15(9-11-18)14-28-21(29)27(19-6-1-2-7-20(19)32(28,30)31)13-16-4-3-5-17(12-16)22(24,25)26/h1-12H,13-14H2. The zero-order valence-corrected chi connectivity index (χ0v) is 17.2. The molecular weight excluding hydrogens is 448 g/mol. The summed E-state index contributed by atoms with van der Waals surface area (Å²) >= 11 is 0. The SMILES string of the molecule is O=C1N(Cc2cccc(C(F)(F)F)c2)c2ccccc2S(=O)(=O)N1Cc1ccc(F)cc1. The van der Waals surface area contributed by atoms with Gasteiger partial charge in [-0.1, -0.05) is 36.4 Å². The van der Waals surface area contributed by atoms with Crippen LogP contribution in [-0.4, -0.2) is 18.8 Å². The Morgan fingerprint density at radius 3 is 2.19 bits per heavy atom. The number of nitrogens with zero attached hydrogens (tertiary/aromatic N) is 2. The number of fused-ring (bicyclic) bond motifs is 1. The van der Waals surface area contributed by atoms with Crippen molar-refractivity contribution in [1.29, 1.82) is 0 Å². The summed E-state index contributed by atoms with van der Waals surface area (Å²) in [5, 5.41) is 0. The first-order valence-electron chi connectivity index (χ1n) is 9.41. The highest BCUT2D eigenvalue weighted by atomic mass is 32.2. The fourth-order valence-corrected chi connectivity index (χ4v) is 5.00. The van der Waals surface area contributed by atoms with Gasteiger partial charge in [-0.3, -0.25) is 4.90 Å². The van der Waals surface area contributed by atoms with Crippen LogP contribution in [0.3, 0.4) is 0 Å². The topological polar surface area (TPSA) is 57.7 Å². The predicted molar refractivity (Wildman–Crippen MR) is 109 cm³/mol. The molecule has 32 heavy (non-hydrogen) atoms. The lowest BCUT2D eigenvalue weighted by Crippen LogP contribution is -2.49. The Labute approximate surface area is 181 Å². The molecule has 166 valence electrons. The third-order valence-corrected chi connectivity index (χ3v) is 6.77. The van der Waals surface area contributed by atoms with Crippen molar-refractivity contribution in [2.45, 2.75) is 24.2 Å². The van der Waals surface area contributed by atoms with Crippen molar-refractivity contribution < 1.29 is 30.8 Å². The number of rotatable bonds is 4. The van der Waals surface area contributed by atoms with Gasteiger partial charge in [-0.2, -0.15) is 13.2 Å². The summed E-state index contributed by atoms with van der Waals surface area (Å²) in [6, 6.07) is 14.4. The highest BCUT2D eigenvalue weighted by molar-refractivity contribution is 7.90. The average molecular weight is 464 g/mol. The zero-order chi connectivity index (χ0) is 23.1. The number of halogens is 4. The van der Waals surface area contributed by atoms with Crippen molar-refractivity contribution in [2.24, 2.45) is 0 Å². The van der Waals surface area contributed by atoms with E-state index in [2.05, 4.69) is 0 Å². The van der Waals surface area contributed by atoms with Gasteiger partial charge >= 0.3 is 12.2 Å². The van der Waals surface area contributed by atoms with Gasteiger partial charge in [-0.05, 0) is 47.5 Å². The van der Waals surface area contributed by atoms with Crippen LogP contribution < -0.4 is 4.90 Å². The van der Waals surface area contributed by atoms with Crippen LogP contribution in [0.1, 0.15) is 16.7 Å². The lowest BCUT2D eigenvalue weighted by molar-refractivity contribution is -0.137. The second-order valence-corrected chi connectivity index (χ2v) is 9.00. The number of benzene rings is 3. The van der Waals surface area contributed by atoms with E-state index in [1.807, 2.05) is 0 Å². The van der Waals surface area contributed by atoms with Crippen molar-refractivity contribution >= 4 is 21.7 Å². The van der Waals surface area contributed by atoms with Crippen molar-refractivity contribution in [3.63, 3.8) is 0 Å². The van der Waals surface area contributed by atoms with E-state index in [9.17, 15) is 30.8 Å². The third-order valence-electron chi connectivity index (χ3n) is 5.00. The lowest BCUT2D eigenvalue weighted by Gasteiger charge is -2.36. The van der Waals surface area contributed by atoms with Gasteiger partial charge in [-0.25, -0.2) is 21.9 Å². The fraction of sp³-hybridized carbons (Fsp3) is 0.136. The van der Waals surface area contributed by atoms with Crippen LogP contribution in [0.25, 0.3) is 0 Å². The number of hydrogen-bond acceptors (Lipinski definition) is 3. The van der Waals surface area contributed by atoms with Crippen molar-refractivity contribution in [1.82, 2.24) is 4.31 Å². The Bertz CT molecular complexity index is 1270. The highest BCUT2D eigenvalue weighted by Gasteiger charge is 2.41. The zero-order valence-electron chi connectivity index (χ0n) is 16.4. The van der Waals surface area contributed by atoms with Crippen molar-refractivity contribution in [2.75, 3.05) is 4.90 Å². The Morgan fingerprint density at radius 1 is 0.812 bits per heavy atom. The van der Waals surface area contributed by atoms with Gasteiger partial charge in [0.05, 0.1) is 24.3 Å². The Kier molecular flexibility index (Phi) is 5.41. The molecule has 3 aromatic rings. The summed E-state index contributed by atoms with van der Waals surface area (Å²) in [5.74, 6) is -0.516. The third kappa shape index (κ3) is 4.05. The molecule has 0 fully saturated rings. The molecule has 0 saturated heterocycles. The molecule has 0 radical (unpaired) electrons. The van der Waals surface area contributed by atoms with E-state index < -0.39 is 33.6 Å². The second kappa shape index (κ2) is 7.94. The number of alkyl halides is 3. The summed E-state index contributed by atoms with van der Waals surface area (Å²) in [7, 11) is -4.23. The molecule has 0 atom stereocenters. The molecule has 0 bridgehead atoms. The van der Waals surface area contributed by atoms with Gasteiger partial charge < -0.3 is 0 Å². The number of urea groups is 1. The normalized spacial score (nSPS) is 15.6. The van der Waals surface area contributed by atoms with Crippen LogP contribution >= 0.6 is 0 Å². The Balaban J connectivity index is 1.75. The predicted octanol–water partition coefficient (Wildman–Crippen LogP) is 5.18. The molecule has 0 N–H and O–H groups in total. The molecule has 0 aromatic heterocycles. The van der Waals surface area contributed by atoms with E-state index in [0.29, 0.717) is 9.87 Å². The van der Waals surface area contributed by atoms with Crippen LogP contribution in [0, 0.1) is 5.82 Å². The van der Waals surface area contributed by atoms with Crippen LogP contribution in [0.2, 0.25) is 0 Å². The maximum absolute atomic E-state index is 13.2. The summed E-state index contributed by atoms with van der Waals surface area (Å²) in [5.41, 5.74) is -0.237. The van der Waals surface area contributed by atoms with E-state index >= 15 is 0 Å². The number of carbonyl (C=O) groups is 1. The fourth-order valence-electron chi connectivity index (χ4n) is 3.45. The molecule has 1 aliphatic heterocycles. The molecule has 3 aromatic carbocycles. The summed E-state index contributed by atoms with van der Waals surface area (Å²) in [6.07, 6.45) is -4.56. The molecule has 10 heteroatoms. The minimum Gasteiger partial charge on any atom is -0.288 e. The van der Waals surface area contributed by atoms with Gasteiger partial charge in [0.15, 0.2) is 0 Å². The van der Waals surface area contributed by atoms with E-state index in [-0.39, 0.29) is 29.2 Å². The van der Waals surface area contributed by atoms with Crippen LogP contribution in [0.15, 0.2) is 77.7 Å². The summed E-state index contributed by atoms with van der Waals surface area (Å²) in [4.78, 5) is 14.2. The first-order valence-corrected chi connectivity index (χ1v) is 10.9. The number of sulfonamides is 1. The highest BCUT2D eigenvalue weighted by Crippen LogP contribution is 2.37. The smallest absolute Gasteiger partial charge is 0.288 e. The van der Waals surface area contributed by atoms with Crippen LogP contribution in [0.5, 0.6) is 0 Å². The monoisotopic (exact) mass is 464 g/mol. The lowest BCUT2D eigenvalue weighted by atomic mass is 10.1. The quantitative estimate of drug-likeness (QED) is 0.501. The average Bonchev–Trinajstić information content (AvgIpc) is 2.75. The molecule has 0 aliphatic carbocycles. The number of hydrogen-bond donors (Lipinski definition) is 0. The van der Waals surface area contributed by atoms with Gasteiger partial charge in [0, 0.05) is 0 Å². The summed E-state index contributed by atoms with van der Waals surface area (Å²) < 4.78 is 79.4. The van der Waals surface area contributed by atoms with Crippen LogP contribution in [0.4, 0.5) is 28.0 Å². The molecule has 0 unspecified atom stereocenters. The summed E-state index contributed by atoms with van der Waals surface area (Å²) in [6.45, 7) is -0.621. The number of amides is 2. The first kappa shape index (κ1) is 21.8. The molecular formula is C22H16F4N2O3S. The van der Waals surface area contributed by atoms with Crippen molar-refractivity contribution in [3.8, 4) is 0 Å². The molecule has 4 rings (SSSR count). The van der Waals surface area contributed by atoms with Gasteiger partial charge in [0.25, 0.3) is 10.0 Å². The number of anilines is 1. The van der Waals surface area contributed by atoms with Crippen molar-refractivity contribution in [3.05, 3.63) is 95.3 Å². The first-order chi connectivity index (χ1) is 15.1. The Morgan fingerprint density at radius 2 is 1.50 bits per heavy atom. The number of para-hydroxylation sites is 1. The second-order valence-electron chi connectivity index (χ2n) is 7.17. The van der Waals surface area contributed by atoms with E-state index in [0.717, 1.165) is 29.2 Å².